The van der Waals surface area contributed by atoms with E-state index < -0.39 is 6.04 Å². The van der Waals surface area contributed by atoms with E-state index in [0.717, 1.165) is 11.3 Å². The summed E-state index contributed by atoms with van der Waals surface area (Å²) in [4.78, 5) is 26.5. The van der Waals surface area contributed by atoms with Crippen LogP contribution in [0.3, 0.4) is 0 Å². The standard InChI is InChI=1S/C21H26N2O2S/c1-16-9-7-8-12-19(16)14-26-15-20(24)23(17(2)21(25)22-3)13-18-10-5-4-6-11-18/h4-12,17H,13-15H2,1-3H3,(H,22,25)/t17-/m0/s1. The van der Waals surface area contributed by atoms with E-state index >= 15 is 0 Å². The molecule has 0 aliphatic carbocycles. The average Bonchev–Trinajstić information content (AvgIpc) is 2.67. The first-order chi connectivity index (χ1) is 12.5. The highest BCUT2D eigenvalue weighted by Crippen LogP contribution is 2.18. The number of benzene rings is 2. The van der Waals surface area contributed by atoms with Crippen LogP contribution in [0.5, 0.6) is 0 Å². The molecule has 0 saturated heterocycles. The molecule has 1 N–H and O–H groups in total. The number of carbonyl (C=O) groups is 2. The van der Waals surface area contributed by atoms with Gasteiger partial charge in [-0.1, -0.05) is 54.6 Å². The summed E-state index contributed by atoms with van der Waals surface area (Å²) in [6, 6.07) is 17.4. The first-order valence-electron chi connectivity index (χ1n) is 8.70. The van der Waals surface area contributed by atoms with Crippen molar-refractivity contribution in [1.82, 2.24) is 10.2 Å². The van der Waals surface area contributed by atoms with Crippen LogP contribution < -0.4 is 5.32 Å². The average molecular weight is 371 g/mol. The van der Waals surface area contributed by atoms with Crippen LogP contribution in [0.15, 0.2) is 54.6 Å². The molecule has 2 rings (SSSR count). The number of likely N-dealkylation sites (N-methyl/N-ethyl adjacent to an activating group) is 1. The fourth-order valence-electron chi connectivity index (χ4n) is 2.67. The van der Waals surface area contributed by atoms with Crippen molar-refractivity contribution >= 4 is 23.6 Å². The van der Waals surface area contributed by atoms with Crippen LogP contribution in [0, 0.1) is 6.92 Å². The van der Waals surface area contributed by atoms with Gasteiger partial charge >= 0.3 is 0 Å². The van der Waals surface area contributed by atoms with Crippen molar-refractivity contribution < 1.29 is 9.59 Å². The minimum atomic E-state index is -0.508. The van der Waals surface area contributed by atoms with E-state index in [9.17, 15) is 9.59 Å². The lowest BCUT2D eigenvalue weighted by Crippen LogP contribution is -2.47. The number of hydrogen-bond acceptors (Lipinski definition) is 3. The highest BCUT2D eigenvalue weighted by atomic mass is 32.2. The number of aryl methyl sites for hydroxylation is 1. The van der Waals surface area contributed by atoms with Gasteiger partial charge in [0, 0.05) is 19.3 Å². The third kappa shape index (κ3) is 5.63. The largest absolute Gasteiger partial charge is 0.357 e. The van der Waals surface area contributed by atoms with Gasteiger partial charge in [0.25, 0.3) is 0 Å². The van der Waals surface area contributed by atoms with E-state index in [1.54, 1.807) is 30.6 Å². The molecule has 0 radical (unpaired) electrons. The van der Waals surface area contributed by atoms with Gasteiger partial charge in [-0.3, -0.25) is 9.59 Å². The van der Waals surface area contributed by atoms with Crippen molar-refractivity contribution in [2.45, 2.75) is 32.2 Å². The Kier molecular flexibility index (Phi) is 7.73. The zero-order valence-corrected chi connectivity index (χ0v) is 16.4. The van der Waals surface area contributed by atoms with Crippen molar-refractivity contribution in [1.29, 1.82) is 0 Å². The second kappa shape index (κ2) is 10.0. The van der Waals surface area contributed by atoms with Crippen molar-refractivity contribution in [3.8, 4) is 0 Å². The van der Waals surface area contributed by atoms with Crippen molar-refractivity contribution in [3.05, 3.63) is 71.3 Å². The number of rotatable bonds is 8. The van der Waals surface area contributed by atoms with Crippen LogP contribution in [-0.4, -0.2) is 35.6 Å². The van der Waals surface area contributed by atoms with Crippen LogP contribution in [0.4, 0.5) is 0 Å². The normalized spacial score (nSPS) is 11.7. The molecule has 138 valence electrons. The predicted octanol–water partition coefficient (Wildman–Crippen LogP) is 3.39. The number of nitrogens with one attached hydrogen (secondary N) is 1. The van der Waals surface area contributed by atoms with Gasteiger partial charge < -0.3 is 10.2 Å². The summed E-state index contributed by atoms with van der Waals surface area (Å²) >= 11 is 1.58. The van der Waals surface area contributed by atoms with Crippen LogP contribution in [0.1, 0.15) is 23.6 Å². The van der Waals surface area contributed by atoms with Crippen LogP contribution in [0.2, 0.25) is 0 Å². The smallest absolute Gasteiger partial charge is 0.242 e. The van der Waals surface area contributed by atoms with E-state index in [2.05, 4.69) is 24.4 Å². The molecule has 2 amide bonds. The molecule has 0 spiro atoms. The number of carbonyl (C=O) groups excluding carboxylic acids is 2. The van der Waals surface area contributed by atoms with E-state index in [1.807, 2.05) is 42.5 Å². The molecule has 5 heteroatoms. The summed E-state index contributed by atoms with van der Waals surface area (Å²) < 4.78 is 0. The zero-order valence-electron chi connectivity index (χ0n) is 15.6. The molecule has 0 heterocycles. The number of hydrogen-bond donors (Lipinski definition) is 1. The van der Waals surface area contributed by atoms with Crippen LogP contribution >= 0.6 is 11.8 Å². The predicted molar refractivity (Wildman–Crippen MR) is 108 cm³/mol. The van der Waals surface area contributed by atoms with E-state index in [4.69, 9.17) is 0 Å². The van der Waals surface area contributed by atoms with E-state index in [-0.39, 0.29) is 11.8 Å². The minimum absolute atomic E-state index is 0.0245. The van der Waals surface area contributed by atoms with Gasteiger partial charge in [0.1, 0.15) is 6.04 Å². The molecule has 0 unspecified atom stereocenters. The first-order valence-corrected chi connectivity index (χ1v) is 9.85. The van der Waals surface area contributed by atoms with Crippen molar-refractivity contribution in [2.75, 3.05) is 12.8 Å². The highest BCUT2D eigenvalue weighted by Gasteiger charge is 2.25. The minimum Gasteiger partial charge on any atom is -0.357 e. The van der Waals surface area contributed by atoms with Crippen molar-refractivity contribution in [2.24, 2.45) is 0 Å². The maximum absolute atomic E-state index is 12.8. The van der Waals surface area contributed by atoms with Gasteiger partial charge in [-0.25, -0.2) is 0 Å². The summed E-state index contributed by atoms with van der Waals surface area (Å²) in [5.74, 6) is 0.954. The van der Waals surface area contributed by atoms with Gasteiger partial charge in [-0.05, 0) is 30.5 Å². The fraction of sp³-hybridized carbons (Fsp3) is 0.333. The lowest BCUT2D eigenvalue weighted by atomic mass is 10.1. The van der Waals surface area contributed by atoms with Crippen LogP contribution in [0.25, 0.3) is 0 Å². The lowest BCUT2D eigenvalue weighted by molar-refractivity contribution is -0.138. The van der Waals surface area contributed by atoms with Gasteiger partial charge in [0.15, 0.2) is 0 Å². The molecule has 2 aromatic rings. The Morgan fingerprint density at radius 3 is 2.38 bits per heavy atom. The zero-order chi connectivity index (χ0) is 18.9. The van der Waals surface area contributed by atoms with Crippen molar-refractivity contribution in [3.63, 3.8) is 0 Å². The second-order valence-electron chi connectivity index (χ2n) is 6.22. The van der Waals surface area contributed by atoms with Crippen LogP contribution in [-0.2, 0) is 21.9 Å². The molecule has 0 aliphatic rings. The second-order valence-corrected chi connectivity index (χ2v) is 7.20. The Labute approximate surface area is 160 Å². The molecule has 0 fully saturated rings. The number of amides is 2. The lowest BCUT2D eigenvalue weighted by Gasteiger charge is -2.28. The Hall–Kier alpha value is -2.27. The van der Waals surface area contributed by atoms with Gasteiger partial charge in [-0.15, -0.1) is 11.8 Å². The highest BCUT2D eigenvalue weighted by molar-refractivity contribution is 7.99. The number of thioether (sulfide) groups is 1. The molecular formula is C21H26N2O2S. The molecular weight excluding hydrogens is 344 g/mol. The molecule has 1 atom stereocenters. The Morgan fingerprint density at radius 2 is 1.73 bits per heavy atom. The van der Waals surface area contributed by atoms with Gasteiger partial charge in [0.2, 0.25) is 11.8 Å². The van der Waals surface area contributed by atoms with E-state index in [1.165, 1.54) is 11.1 Å². The summed E-state index contributed by atoms with van der Waals surface area (Å²) in [5, 5.41) is 2.64. The molecule has 0 saturated carbocycles. The Balaban J connectivity index is 2.02. The SMILES string of the molecule is CNC(=O)[C@H](C)N(Cc1ccccc1)C(=O)CSCc1ccccc1C. The third-order valence-electron chi connectivity index (χ3n) is 4.35. The fourth-order valence-corrected chi connectivity index (χ4v) is 3.66. The molecule has 2 aromatic carbocycles. The maximum atomic E-state index is 12.8. The Bertz CT molecular complexity index is 734. The number of nitrogens with zero attached hydrogens (tertiary/aromatic N) is 1. The summed E-state index contributed by atoms with van der Waals surface area (Å²) in [6.45, 7) is 4.28. The molecule has 4 nitrogen and oxygen atoms in total. The summed E-state index contributed by atoms with van der Waals surface area (Å²) in [6.07, 6.45) is 0. The quantitative estimate of drug-likeness (QED) is 0.775. The summed E-state index contributed by atoms with van der Waals surface area (Å²) in [5.41, 5.74) is 3.48. The molecule has 26 heavy (non-hydrogen) atoms. The first kappa shape index (κ1) is 20.0. The van der Waals surface area contributed by atoms with Gasteiger partial charge in [0.05, 0.1) is 5.75 Å². The Morgan fingerprint density at radius 1 is 1.08 bits per heavy atom. The monoisotopic (exact) mass is 370 g/mol. The topological polar surface area (TPSA) is 49.4 Å². The summed E-state index contributed by atoms with van der Waals surface area (Å²) in [7, 11) is 1.59. The molecule has 0 aromatic heterocycles. The molecule has 0 aliphatic heterocycles. The van der Waals surface area contributed by atoms with E-state index in [0.29, 0.717) is 12.3 Å². The maximum Gasteiger partial charge on any atom is 0.242 e. The molecule has 0 bridgehead atoms. The van der Waals surface area contributed by atoms with Gasteiger partial charge in [-0.2, -0.15) is 0 Å². The third-order valence-corrected chi connectivity index (χ3v) is 5.32.